The lowest BCUT2D eigenvalue weighted by atomic mass is 10.2. The smallest absolute Gasteiger partial charge is 0.212 e. The van der Waals surface area contributed by atoms with Gasteiger partial charge in [-0.25, -0.2) is 0 Å². The van der Waals surface area contributed by atoms with Gasteiger partial charge < -0.3 is 9.47 Å². The standard InChI is InChI=1S/C25H22Cl2N4O2S/c1-17-29-30-25(34-16-20-9-10-21(26)13-22(20)27)31(17)28-14-19-8-11-23(24(12-19)32-2)33-15-18-6-4-3-5-7-18/h3-14H,15-16H2,1-2H3/b28-14+. The number of aryl methyl sites for hydroxylation is 1. The summed E-state index contributed by atoms with van der Waals surface area (Å²) in [4.78, 5) is 0. The largest absolute Gasteiger partial charge is 0.493 e. The van der Waals surface area contributed by atoms with E-state index in [1.54, 1.807) is 24.1 Å². The molecule has 0 atom stereocenters. The van der Waals surface area contributed by atoms with Gasteiger partial charge in [-0.3, -0.25) is 0 Å². The quantitative estimate of drug-likeness (QED) is 0.185. The molecule has 0 aliphatic carbocycles. The van der Waals surface area contributed by atoms with Crippen LogP contribution in [0.2, 0.25) is 10.0 Å². The number of aromatic nitrogens is 3. The van der Waals surface area contributed by atoms with Crippen LogP contribution in [0.15, 0.2) is 77.0 Å². The van der Waals surface area contributed by atoms with E-state index in [9.17, 15) is 0 Å². The molecule has 0 saturated carbocycles. The summed E-state index contributed by atoms with van der Waals surface area (Å²) in [6, 6.07) is 21.1. The van der Waals surface area contributed by atoms with E-state index in [-0.39, 0.29) is 0 Å². The second-order valence-corrected chi connectivity index (χ2v) is 9.08. The molecule has 3 aromatic carbocycles. The molecule has 0 N–H and O–H groups in total. The van der Waals surface area contributed by atoms with Crippen LogP contribution in [0.3, 0.4) is 0 Å². The minimum atomic E-state index is 0.461. The van der Waals surface area contributed by atoms with Crippen molar-refractivity contribution in [2.75, 3.05) is 7.11 Å². The Kier molecular flexibility index (Phi) is 8.11. The van der Waals surface area contributed by atoms with Crippen LogP contribution in [-0.4, -0.2) is 28.2 Å². The van der Waals surface area contributed by atoms with Crippen LogP contribution >= 0.6 is 35.0 Å². The number of halogens is 2. The molecule has 0 bridgehead atoms. The van der Waals surface area contributed by atoms with E-state index in [2.05, 4.69) is 15.3 Å². The molecule has 4 rings (SSSR count). The minimum Gasteiger partial charge on any atom is -0.493 e. The van der Waals surface area contributed by atoms with Crippen LogP contribution in [0.5, 0.6) is 11.5 Å². The molecule has 34 heavy (non-hydrogen) atoms. The van der Waals surface area contributed by atoms with E-state index < -0.39 is 0 Å². The number of thioether (sulfide) groups is 1. The second-order valence-electron chi connectivity index (χ2n) is 7.30. The third-order valence-corrected chi connectivity index (χ3v) is 6.44. The fourth-order valence-electron chi connectivity index (χ4n) is 3.09. The van der Waals surface area contributed by atoms with Gasteiger partial charge in [0, 0.05) is 15.8 Å². The van der Waals surface area contributed by atoms with Gasteiger partial charge in [-0.15, -0.1) is 10.2 Å². The molecule has 0 unspecified atom stereocenters. The lowest BCUT2D eigenvalue weighted by Gasteiger charge is -2.11. The zero-order chi connectivity index (χ0) is 23.9. The van der Waals surface area contributed by atoms with Gasteiger partial charge in [0.1, 0.15) is 6.61 Å². The Morgan fingerprint density at radius 3 is 2.59 bits per heavy atom. The van der Waals surface area contributed by atoms with Crippen LogP contribution in [-0.2, 0) is 12.4 Å². The van der Waals surface area contributed by atoms with Crippen LogP contribution < -0.4 is 9.47 Å². The zero-order valence-corrected chi connectivity index (χ0v) is 20.9. The van der Waals surface area contributed by atoms with Gasteiger partial charge in [-0.1, -0.05) is 71.4 Å². The Hall–Kier alpha value is -3.00. The first-order valence-electron chi connectivity index (χ1n) is 10.4. The van der Waals surface area contributed by atoms with Gasteiger partial charge in [0.15, 0.2) is 17.3 Å². The van der Waals surface area contributed by atoms with E-state index >= 15 is 0 Å². The van der Waals surface area contributed by atoms with E-state index in [1.165, 1.54) is 11.8 Å². The Bertz CT molecular complexity index is 1300. The summed E-state index contributed by atoms with van der Waals surface area (Å²) in [5.74, 6) is 2.59. The molecule has 0 radical (unpaired) electrons. The first-order valence-corrected chi connectivity index (χ1v) is 12.2. The third-order valence-electron chi connectivity index (χ3n) is 4.89. The van der Waals surface area contributed by atoms with E-state index in [0.29, 0.717) is 44.9 Å². The van der Waals surface area contributed by atoms with Crippen molar-refractivity contribution in [3.63, 3.8) is 0 Å². The summed E-state index contributed by atoms with van der Waals surface area (Å²) in [5.41, 5.74) is 2.90. The summed E-state index contributed by atoms with van der Waals surface area (Å²) < 4.78 is 13.1. The van der Waals surface area contributed by atoms with E-state index in [1.807, 2.05) is 67.6 Å². The molecule has 0 saturated heterocycles. The van der Waals surface area contributed by atoms with Crippen molar-refractivity contribution in [3.8, 4) is 11.5 Å². The Morgan fingerprint density at radius 2 is 1.82 bits per heavy atom. The molecule has 9 heteroatoms. The average molecular weight is 513 g/mol. The summed E-state index contributed by atoms with van der Waals surface area (Å²) in [6.07, 6.45) is 1.74. The molecule has 0 amide bonds. The van der Waals surface area contributed by atoms with Crippen molar-refractivity contribution in [1.82, 2.24) is 14.9 Å². The van der Waals surface area contributed by atoms with Crippen LogP contribution in [0.1, 0.15) is 22.5 Å². The SMILES string of the molecule is COc1cc(/C=N/n2c(C)nnc2SCc2ccc(Cl)cc2Cl)ccc1OCc1ccccc1. The van der Waals surface area contributed by atoms with E-state index in [0.717, 1.165) is 16.7 Å². The number of hydrogen-bond acceptors (Lipinski definition) is 6. The average Bonchev–Trinajstić information content (AvgIpc) is 3.20. The normalized spacial score (nSPS) is 11.2. The molecular formula is C25H22Cl2N4O2S. The number of nitrogens with zero attached hydrogens (tertiary/aromatic N) is 4. The molecular weight excluding hydrogens is 491 g/mol. The zero-order valence-electron chi connectivity index (χ0n) is 18.6. The van der Waals surface area contributed by atoms with Gasteiger partial charge in [0.2, 0.25) is 5.16 Å². The number of benzene rings is 3. The molecule has 0 spiro atoms. The molecule has 6 nitrogen and oxygen atoms in total. The van der Waals surface area contributed by atoms with Crippen molar-refractivity contribution in [2.45, 2.75) is 24.4 Å². The Labute approximate surface area is 212 Å². The predicted octanol–water partition coefficient (Wildman–Crippen LogP) is 6.66. The number of hydrogen-bond donors (Lipinski definition) is 0. The summed E-state index contributed by atoms with van der Waals surface area (Å²) in [5, 5.41) is 14.9. The van der Waals surface area contributed by atoms with Gasteiger partial charge >= 0.3 is 0 Å². The molecule has 4 aromatic rings. The van der Waals surface area contributed by atoms with Crippen LogP contribution in [0, 0.1) is 6.92 Å². The first-order chi connectivity index (χ1) is 16.5. The predicted molar refractivity (Wildman–Crippen MR) is 138 cm³/mol. The van der Waals surface area contributed by atoms with Gasteiger partial charge in [0.25, 0.3) is 0 Å². The van der Waals surface area contributed by atoms with Crippen LogP contribution in [0.25, 0.3) is 0 Å². The monoisotopic (exact) mass is 512 g/mol. The lowest BCUT2D eigenvalue weighted by molar-refractivity contribution is 0.284. The van der Waals surface area contributed by atoms with Crippen molar-refractivity contribution in [2.24, 2.45) is 5.10 Å². The first kappa shape index (κ1) is 24.1. The molecule has 1 heterocycles. The highest BCUT2D eigenvalue weighted by Crippen LogP contribution is 2.30. The Morgan fingerprint density at radius 1 is 1.00 bits per heavy atom. The maximum absolute atomic E-state index is 6.29. The van der Waals surface area contributed by atoms with Crippen molar-refractivity contribution in [3.05, 3.63) is 99.3 Å². The minimum absolute atomic E-state index is 0.461. The maximum atomic E-state index is 6.29. The highest BCUT2D eigenvalue weighted by atomic mass is 35.5. The number of ether oxygens (including phenoxy) is 2. The molecule has 0 fully saturated rings. The molecule has 1 aromatic heterocycles. The van der Waals surface area contributed by atoms with Crippen molar-refractivity contribution >= 4 is 41.2 Å². The van der Waals surface area contributed by atoms with Crippen molar-refractivity contribution < 1.29 is 9.47 Å². The second kappa shape index (κ2) is 11.4. The lowest BCUT2D eigenvalue weighted by Crippen LogP contribution is -1.99. The van der Waals surface area contributed by atoms with Gasteiger partial charge in [-0.2, -0.15) is 9.78 Å². The Balaban J connectivity index is 1.46. The highest BCUT2D eigenvalue weighted by Gasteiger charge is 2.11. The fraction of sp³-hybridized carbons (Fsp3) is 0.160. The summed E-state index contributed by atoms with van der Waals surface area (Å²) >= 11 is 13.8. The van der Waals surface area contributed by atoms with Gasteiger partial charge in [0.05, 0.1) is 13.3 Å². The van der Waals surface area contributed by atoms with E-state index in [4.69, 9.17) is 32.7 Å². The third kappa shape index (κ3) is 6.11. The number of rotatable bonds is 9. The number of methoxy groups -OCH3 is 1. The topological polar surface area (TPSA) is 61.5 Å². The maximum Gasteiger partial charge on any atom is 0.212 e. The van der Waals surface area contributed by atoms with Crippen molar-refractivity contribution in [1.29, 1.82) is 0 Å². The van der Waals surface area contributed by atoms with Gasteiger partial charge in [-0.05, 0) is 53.9 Å². The molecule has 0 aliphatic rings. The summed E-state index contributed by atoms with van der Waals surface area (Å²) in [6.45, 7) is 2.31. The summed E-state index contributed by atoms with van der Waals surface area (Å²) in [7, 11) is 1.62. The molecule has 0 aliphatic heterocycles. The highest BCUT2D eigenvalue weighted by molar-refractivity contribution is 7.98. The van der Waals surface area contributed by atoms with Crippen LogP contribution in [0.4, 0.5) is 0 Å². The molecule has 174 valence electrons. The fourth-order valence-corrected chi connectivity index (χ4v) is 4.58.